The van der Waals surface area contributed by atoms with Crippen molar-refractivity contribution in [1.82, 2.24) is 4.90 Å². The largest absolute Gasteiger partial charge is 0.493 e. The number of fused-ring (bicyclic) bond motifs is 1. The summed E-state index contributed by atoms with van der Waals surface area (Å²) >= 11 is 0. The molecule has 102 valence electrons. The number of amides is 1. The maximum Gasteiger partial charge on any atom is 0.254 e. The van der Waals surface area contributed by atoms with Crippen molar-refractivity contribution >= 4 is 5.91 Å². The number of nitrogens with two attached hydrogens (primary N) is 1. The summed E-state index contributed by atoms with van der Waals surface area (Å²) in [5.74, 6) is 0.933. The normalized spacial score (nSPS) is 21.9. The molecule has 3 rings (SSSR count). The highest BCUT2D eigenvalue weighted by Gasteiger charge is 2.27. The number of ether oxygens (including phenoxy) is 2. The fourth-order valence-electron chi connectivity index (χ4n) is 2.60. The SMILES string of the molecule is NCC1COCCN1C(=O)c1ccc2c(c1)CCO2. The second kappa shape index (κ2) is 5.19. The first-order valence-electron chi connectivity index (χ1n) is 6.64. The van der Waals surface area contributed by atoms with E-state index in [2.05, 4.69) is 0 Å². The second-order valence-corrected chi connectivity index (χ2v) is 4.88. The molecule has 0 aromatic heterocycles. The van der Waals surface area contributed by atoms with E-state index in [0.717, 1.165) is 17.7 Å². The lowest BCUT2D eigenvalue weighted by atomic mass is 10.1. The van der Waals surface area contributed by atoms with Gasteiger partial charge in [-0.05, 0) is 23.8 Å². The molecule has 1 aromatic rings. The molecule has 2 heterocycles. The van der Waals surface area contributed by atoms with Gasteiger partial charge in [0.1, 0.15) is 5.75 Å². The third-order valence-electron chi connectivity index (χ3n) is 3.70. The van der Waals surface area contributed by atoms with Gasteiger partial charge in [0.25, 0.3) is 5.91 Å². The van der Waals surface area contributed by atoms with Crippen molar-refractivity contribution in [1.29, 1.82) is 0 Å². The monoisotopic (exact) mass is 262 g/mol. The van der Waals surface area contributed by atoms with Gasteiger partial charge >= 0.3 is 0 Å². The van der Waals surface area contributed by atoms with Gasteiger partial charge in [0.2, 0.25) is 0 Å². The van der Waals surface area contributed by atoms with Crippen LogP contribution in [0.4, 0.5) is 0 Å². The van der Waals surface area contributed by atoms with Crippen LogP contribution in [0, 0.1) is 0 Å². The third kappa shape index (κ3) is 2.31. The molecule has 2 aliphatic rings. The van der Waals surface area contributed by atoms with Crippen LogP contribution in [-0.4, -0.2) is 49.8 Å². The predicted molar refractivity (Wildman–Crippen MR) is 70.3 cm³/mol. The molecule has 19 heavy (non-hydrogen) atoms. The van der Waals surface area contributed by atoms with Crippen LogP contribution >= 0.6 is 0 Å². The van der Waals surface area contributed by atoms with Crippen molar-refractivity contribution in [3.05, 3.63) is 29.3 Å². The Morgan fingerprint density at radius 3 is 3.16 bits per heavy atom. The first kappa shape index (κ1) is 12.4. The number of nitrogens with zero attached hydrogens (tertiary/aromatic N) is 1. The fraction of sp³-hybridized carbons (Fsp3) is 0.500. The number of rotatable bonds is 2. The predicted octanol–water partition coefficient (Wildman–Crippen LogP) is 0.421. The molecule has 0 saturated carbocycles. The van der Waals surface area contributed by atoms with Gasteiger partial charge in [0.05, 0.1) is 25.9 Å². The average Bonchev–Trinajstić information content (AvgIpc) is 2.93. The van der Waals surface area contributed by atoms with Gasteiger partial charge in [-0.25, -0.2) is 0 Å². The standard InChI is InChI=1S/C14H18N2O3/c15-8-12-9-18-6-4-16(12)14(17)11-1-2-13-10(7-11)3-5-19-13/h1-2,7,12H,3-6,8-9,15H2. The van der Waals surface area contributed by atoms with Crippen LogP contribution in [-0.2, 0) is 11.2 Å². The summed E-state index contributed by atoms with van der Waals surface area (Å²) in [6.45, 7) is 2.84. The molecule has 1 aromatic carbocycles. The zero-order valence-corrected chi connectivity index (χ0v) is 10.8. The van der Waals surface area contributed by atoms with Gasteiger partial charge in [-0.15, -0.1) is 0 Å². The molecule has 1 unspecified atom stereocenters. The Labute approximate surface area is 112 Å². The summed E-state index contributed by atoms with van der Waals surface area (Å²) in [7, 11) is 0. The van der Waals surface area contributed by atoms with Crippen LogP contribution in [0.25, 0.3) is 0 Å². The number of hydrogen-bond acceptors (Lipinski definition) is 4. The Morgan fingerprint density at radius 2 is 2.32 bits per heavy atom. The molecular weight excluding hydrogens is 244 g/mol. The van der Waals surface area contributed by atoms with Gasteiger partial charge in [-0.1, -0.05) is 0 Å². The van der Waals surface area contributed by atoms with Crippen molar-refractivity contribution in [3.63, 3.8) is 0 Å². The minimum absolute atomic E-state index is 0.0224. The van der Waals surface area contributed by atoms with E-state index in [1.165, 1.54) is 0 Å². The highest BCUT2D eigenvalue weighted by molar-refractivity contribution is 5.95. The summed E-state index contributed by atoms with van der Waals surface area (Å²) in [6.07, 6.45) is 0.875. The van der Waals surface area contributed by atoms with Crippen molar-refractivity contribution in [2.24, 2.45) is 5.73 Å². The van der Waals surface area contributed by atoms with E-state index in [1.54, 1.807) is 0 Å². The lowest BCUT2D eigenvalue weighted by molar-refractivity contribution is 0.000836. The Morgan fingerprint density at radius 1 is 1.42 bits per heavy atom. The minimum atomic E-state index is -0.0224. The summed E-state index contributed by atoms with van der Waals surface area (Å²) < 4.78 is 10.8. The number of hydrogen-bond donors (Lipinski definition) is 1. The molecule has 0 radical (unpaired) electrons. The van der Waals surface area contributed by atoms with Crippen LogP contribution in [0.2, 0.25) is 0 Å². The van der Waals surface area contributed by atoms with Crippen LogP contribution in [0.5, 0.6) is 5.75 Å². The Balaban J connectivity index is 1.82. The zero-order chi connectivity index (χ0) is 13.2. The van der Waals surface area contributed by atoms with Crippen LogP contribution in [0.1, 0.15) is 15.9 Å². The van der Waals surface area contributed by atoms with E-state index in [1.807, 2.05) is 23.1 Å². The van der Waals surface area contributed by atoms with Crippen LogP contribution < -0.4 is 10.5 Å². The topological polar surface area (TPSA) is 64.8 Å². The third-order valence-corrected chi connectivity index (χ3v) is 3.70. The zero-order valence-electron chi connectivity index (χ0n) is 10.8. The van der Waals surface area contributed by atoms with E-state index in [9.17, 15) is 4.79 Å². The molecule has 5 heteroatoms. The molecule has 2 aliphatic heterocycles. The summed E-state index contributed by atoms with van der Waals surface area (Å²) in [4.78, 5) is 14.4. The average molecular weight is 262 g/mol. The van der Waals surface area contributed by atoms with Gasteiger partial charge in [0.15, 0.2) is 0 Å². The lowest BCUT2D eigenvalue weighted by Crippen LogP contribution is -2.52. The molecular formula is C14H18N2O3. The molecule has 1 fully saturated rings. The van der Waals surface area contributed by atoms with Crippen LogP contribution in [0.15, 0.2) is 18.2 Å². The van der Waals surface area contributed by atoms with Gasteiger partial charge in [-0.3, -0.25) is 4.79 Å². The van der Waals surface area contributed by atoms with E-state index in [-0.39, 0.29) is 11.9 Å². The summed E-state index contributed by atoms with van der Waals surface area (Å²) in [6, 6.07) is 5.63. The van der Waals surface area contributed by atoms with Gasteiger partial charge in [-0.2, -0.15) is 0 Å². The number of morpholine rings is 1. The van der Waals surface area contributed by atoms with Crippen molar-refractivity contribution in [3.8, 4) is 5.75 Å². The molecule has 1 atom stereocenters. The van der Waals surface area contributed by atoms with Gasteiger partial charge < -0.3 is 20.1 Å². The molecule has 2 N–H and O–H groups in total. The maximum atomic E-state index is 12.5. The van der Waals surface area contributed by atoms with Crippen LogP contribution in [0.3, 0.4) is 0 Å². The summed E-state index contributed by atoms with van der Waals surface area (Å²) in [5.41, 5.74) is 7.53. The first-order chi connectivity index (χ1) is 9.29. The van der Waals surface area contributed by atoms with E-state index in [0.29, 0.717) is 38.5 Å². The van der Waals surface area contributed by atoms with Crippen molar-refractivity contribution < 1.29 is 14.3 Å². The lowest BCUT2D eigenvalue weighted by Gasteiger charge is -2.35. The van der Waals surface area contributed by atoms with E-state index >= 15 is 0 Å². The van der Waals surface area contributed by atoms with E-state index < -0.39 is 0 Å². The smallest absolute Gasteiger partial charge is 0.254 e. The molecule has 0 spiro atoms. The Hall–Kier alpha value is -1.59. The number of carbonyl (C=O) groups excluding carboxylic acids is 1. The fourth-order valence-corrected chi connectivity index (χ4v) is 2.60. The molecule has 1 saturated heterocycles. The van der Waals surface area contributed by atoms with Gasteiger partial charge in [0, 0.05) is 25.1 Å². The minimum Gasteiger partial charge on any atom is -0.493 e. The second-order valence-electron chi connectivity index (χ2n) is 4.88. The summed E-state index contributed by atoms with van der Waals surface area (Å²) in [5, 5.41) is 0. The highest BCUT2D eigenvalue weighted by atomic mass is 16.5. The quantitative estimate of drug-likeness (QED) is 0.839. The molecule has 5 nitrogen and oxygen atoms in total. The number of benzene rings is 1. The van der Waals surface area contributed by atoms with Crippen molar-refractivity contribution in [2.45, 2.75) is 12.5 Å². The van der Waals surface area contributed by atoms with E-state index in [4.69, 9.17) is 15.2 Å². The molecule has 0 aliphatic carbocycles. The Kier molecular flexibility index (Phi) is 3.40. The van der Waals surface area contributed by atoms with Crippen molar-refractivity contribution in [2.75, 3.05) is 32.9 Å². The molecule has 1 amide bonds. The first-order valence-corrected chi connectivity index (χ1v) is 6.64. The Bertz CT molecular complexity index is 490. The highest BCUT2D eigenvalue weighted by Crippen LogP contribution is 2.26. The maximum absolute atomic E-state index is 12.5. The molecule has 0 bridgehead atoms. The number of carbonyl (C=O) groups is 1.